The number of amides is 2. The summed E-state index contributed by atoms with van der Waals surface area (Å²) >= 11 is 0. The first-order valence-corrected chi connectivity index (χ1v) is 7.97. The van der Waals surface area contributed by atoms with Gasteiger partial charge in [0.25, 0.3) is 0 Å². The van der Waals surface area contributed by atoms with E-state index in [1.807, 2.05) is 0 Å². The summed E-state index contributed by atoms with van der Waals surface area (Å²) < 4.78 is 13.6. The second kappa shape index (κ2) is 7.77. The number of nitrogens with one attached hydrogen (secondary N) is 3. The summed E-state index contributed by atoms with van der Waals surface area (Å²) in [6, 6.07) is 6.34. The van der Waals surface area contributed by atoms with Crippen molar-refractivity contribution >= 4 is 23.2 Å². The molecule has 0 unspecified atom stereocenters. The standard InChI is InChI=1S/C17H21FN4O2/c1-12(23)21-15-9-13(5-6-14(15)18)20-10-16(24)22-17(11-19)7-3-2-4-8-17/h5-6,9,20H,2-4,7-8,10H2,1H3,(H,21,23)(H,22,24). The Kier molecular flexibility index (Phi) is 5.74. The molecule has 0 heterocycles. The van der Waals surface area contributed by atoms with Crippen LogP contribution in [0.3, 0.4) is 0 Å². The molecule has 1 aromatic rings. The highest BCUT2D eigenvalue weighted by Crippen LogP contribution is 2.27. The molecule has 6 nitrogen and oxygen atoms in total. The normalized spacial score (nSPS) is 15.9. The van der Waals surface area contributed by atoms with E-state index in [4.69, 9.17) is 0 Å². The third-order valence-corrected chi connectivity index (χ3v) is 4.03. The molecule has 1 saturated carbocycles. The van der Waals surface area contributed by atoms with Gasteiger partial charge in [0.1, 0.15) is 11.4 Å². The van der Waals surface area contributed by atoms with Gasteiger partial charge in [0.2, 0.25) is 11.8 Å². The Morgan fingerprint density at radius 3 is 2.62 bits per heavy atom. The van der Waals surface area contributed by atoms with Crippen LogP contribution in [0.15, 0.2) is 18.2 Å². The monoisotopic (exact) mass is 332 g/mol. The van der Waals surface area contributed by atoms with Crippen LogP contribution in [0.4, 0.5) is 15.8 Å². The first-order chi connectivity index (χ1) is 11.4. The van der Waals surface area contributed by atoms with Gasteiger partial charge in [-0.1, -0.05) is 19.3 Å². The average Bonchev–Trinajstić information content (AvgIpc) is 2.56. The molecule has 1 aliphatic carbocycles. The summed E-state index contributed by atoms with van der Waals surface area (Å²) in [7, 11) is 0. The Morgan fingerprint density at radius 1 is 1.29 bits per heavy atom. The molecule has 1 aliphatic rings. The summed E-state index contributed by atoms with van der Waals surface area (Å²) in [6.07, 6.45) is 4.27. The predicted octanol–water partition coefficient (Wildman–Crippen LogP) is 2.54. The first kappa shape index (κ1) is 17.7. The van der Waals surface area contributed by atoms with Gasteiger partial charge in [-0.25, -0.2) is 4.39 Å². The minimum atomic E-state index is -0.777. The fourth-order valence-electron chi connectivity index (χ4n) is 2.83. The number of benzene rings is 1. The van der Waals surface area contributed by atoms with E-state index < -0.39 is 11.4 Å². The number of nitrogens with zero attached hydrogens (tertiary/aromatic N) is 1. The number of halogens is 1. The lowest BCUT2D eigenvalue weighted by molar-refractivity contribution is -0.121. The van der Waals surface area contributed by atoms with Crippen molar-refractivity contribution in [2.45, 2.75) is 44.6 Å². The lowest BCUT2D eigenvalue weighted by Crippen LogP contribution is -2.50. The third kappa shape index (κ3) is 4.69. The molecule has 7 heteroatoms. The van der Waals surface area contributed by atoms with E-state index in [2.05, 4.69) is 22.0 Å². The van der Waals surface area contributed by atoms with Gasteiger partial charge in [-0.3, -0.25) is 9.59 Å². The van der Waals surface area contributed by atoms with Gasteiger partial charge in [0.05, 0.1) is 18.3 Å². The number of hydrogen-bond acceptors (Lipinski definition) is 4. The van der Waals surface area contributed by atoms with Crippen LogP contribution in [0.2, 0.25) is 0 Å². The molecular weight excluding hydrogens is 311 g/mol. The molecule has 0 saturated heterocycles. The van der Waals surface area contributed by atoms with Crippen LogP contribution in [0.25, 0.3) is 0 Å². The molecule has 0 radical (unpaired) electrons. The van der Waals surface area contributed by atoms with Gasteiger partial charge in [0, 0.05) is 12.6 Å². The third-order valence-electron chi connectivity index (χ3n) is 4.03. The fraction of sp³-hybridized carbons (Fsp3) is 0.471. The lowest BCUT2D eigenvalue weighted by atomic mass is 9.83. The largest absolute Gasteiger partial charge is 0.376 e. The van der Waals surface area contributed by atoms with Crippen molar-refractivity contribution in [3.63, 3.8) is 0 Å². The van der Waals surface area contributed by atoms with Crippen LogP contribution in [-0.4, -0.2) is 23.9 Å². The van der Waals surface area contributed by atoms with Crippen molar-refractivity contribution in [3.8, 4) is 6.07 Å². The van der Waals surface area contributed by atoms with Crippen LogP contribution >= 0.6 is 0 Å². The molecule has 128 valence electrons. The van der Waals surface area contributed by atoms with Gasteiger partial charge >= 0.3 is 0 Å². The van der Waals surface area contributed by atoms with Gasteiger partial charge in [-0.15, -0.1) is 0 Å². The minimum Gasteiger partial charge on any atom is -0.376 e. The van der Waals surface area contributed by atoms with Crippen LogP contribution < -0.4 is 16.0 Å². The number of nitriles is 1. The van der Waals surface area contributed by atoms with Crippen molar-refractivity contribution in [1.29, 1.82) is 5.26 Å². The fourth-order valence-corrected chi connectivity index (χ4v) is 2.83. The van der Waals surface area contributed by atoms with E-state index in [9.17, 15) is 19.2 Å². The quantitative estimate of drug-likeness (QED) is 0.772. The second-order valence-corrected chi connectivity index (χ2v) is 6.03. The van der Waals surface area contributed by atoms with Crippen LogP contribution in [0.1, 0.15) is 39.0 Å². The SMILES string of the molecule is CC(=O)Nc1cc(NCC(=O)NC2(C#N)CCCCC2)ccc1F. The van der Waals surface area contributed by atoms with Crippen molar-refractivity contribution < 1.29 is 14.0 Å². The van der Waals surface area contributed by atoms with E-state index in [0.29, 0.717) is 18.5 Å². The first-order valence-electron chi connectivity index (χ1n) is 7.97. The maximum atomic E-state index is 13.6. The number of hydrogen-bond donors (Lipinski definition) is 3. The summed E-state index contributed by atoms with van der Waals surface area (Å²) in [6.45, 7) is 1.26. The summed E-state index contributed by atoms with van der Waals surface area (Å²) in [5, 5.41) is 17.4. The molecule has 0 aliphatic heterocycles. The summed E-state index contributed by atoms with van der Waals surface area (Å²) in [5.41, 5.74) is -0.222. The average molecular weight is 332 g/mol. The molecule has 0 bridgehead atoms. The molecular formula is C17H21FN4O2. The van der Waals surface area contributed by atoms with E-state index in [0.717, 1.165) is 19.3 Å². The van der Waals surface area contributed by atoms with Gasteiger partial charge in [-0.05, 0) is 31.0 Å². The molecule has 24 heavy (non-hydrogen) atoms. The maximum absolute atomic E-state index is 13.6. The number of rotatable bonds is 5. The Morgan fingerprint density at radius 2 is 2.00 bits per heavy atom. The minimum absolute atomic E-state index is 0.0332. The molecule has 0 atom stereocenters. The molecule has 0 spiro atoms. The lowest BCUT2D eigenvalue weighted by Gasteiger charge is -2.31. The van der Waals surface area contributed by atoms with E-state index in [-0.39, 0.29) is 24.0 Å². The Bertz CT molecular complexity index is 663. The Labute approximate surface area is 140 Å². The van der Waals surface area contributed by atoms with Crippen LogP contribution in [0, 0.1) is 17.1 Å². The number of carbonyl (C=O) groups excluding carboxylic acids is 2. The van der Waals surface area contributed by atoms with E-state index >= 15 is 0 Å². The van der Waals surface area contributed by atoms with E-state index in [1.165, 1.54) is 25.1 Å². The molecule has 2 rings (SSSR count). The van der Waals surface area contributed by atoms with Gasteiger partial charge in [0.15, 0.2) is 0 Å². The van der Waals surface area contributed by atoms with Crippen LogP contribution in [0.5, 0.6) is 0 Å². The highest BCUT2D eigenvalue weighted by Gasteiger charge is 2.33. The molecule has 0 aromatic heterocycles. The Hall–Kier alpha value is -2.62. The van der Waals surface area contributed by atoms with Crippen molar-refractivity contribution in [2.75, 3.05) is 17.2 Å². The summed E-state index contributed by atoms with van der Waals surface area (Å²) in [5.74, 6) is -1.22. The zero-order valence-corrected chi connectivity index (χ0v) is 13.6. The number of anilines is 2. The highest BCUT2D eigenvalue weighted by molar-refractivity contribution is 5.89. The molecule has 2 amide bonds. The summed E-state index contributed by atoms with van der Waals surface area (Å²) in [4.78, 5) is 23.1. The zero-order chi connectivity index (χ0) is 17.6. The molecule has 3 N–H and O–H groups in total. The van der Waals surface area contributed by atoms with E-state index in [1.54, 1.807) is 0 Å². The number of carbonyl (C=O) groups is 2. The van der Waals surface area contributed by atoms with Crippen molar-refractivity contribution in [1.82, 2.24) is 5.32 Å². The van der Waals surface area contributed by atoms with Gasteiger partial charge < -0.3 is 16.0 Å². The zero-order valence-electron chi connectivity index (χ0n) is 13.6. The maximum Gasteiger partial charge on any atom is 0.240 e. The van der Waals surface area contributed by atoms with Crippen LogP contribution in [-0.2, 0) is 9.59 Å². The Balaban J connectivity index is 1.94. The van der Waals surface area contributed by atoms with Crippen molar-refractivity contribution in [2.24, 2.45) is 0 Å². The molecule has 1 aromatic carbocycles. The van der Waals surface area contributed by atoms with Gasteiger partial charge in [-0.2, -0.15) is 5.26 Å². The topological polar surface area (TPSA) is 94.0 Å². The second-order valence-electron chi connectivity index (χ2n) is 6.03. The van der Waals surface area contributed by atoms with Crippen molar-refractivity contribution in [3.05, 3.63) is 24.0 Å². The predicted molar refractivity (Wildman–Crippen MR) is 88.8 cm³/mol. The highest BCUT2D eigenvalue weighted by atomic mass is 19.1. The molecule has 1 fully saturated rings. The smallest absolute Gasteiger partial charge is 0.240 e.